The minimum Gasteiger partial charge on any atom is -0.476 e. The van der Waals surface area contributed by atoms with Crippen LogP contribution in [0.4, 0.5) is 11.5 Å². The molecule has 1 heterocycles. The second kappa shape index (κ2) is 6.29. The maximum Gasteiger partial charge on any atom is 0.372 e. The molecular formula is C12H11BrN4O3. The fourth-order valence-corrected chi connectivity index (χ4v) is 2.05. The molecule has 0 aliphatic carbocycles. The molecule has 0 amide bonds. The Bertz CT molecular complexity index is 636. The Morgan fingerprint density at radius 3 is 2.80 bits per heavy atom. The van der Waals surface area contributed by atoms with Gasteiger partial charge in [-0.15, -0.1) is 0 Å². The second-order valence-corrected chi connectivity index (χ2v) is 4.64. The lowest BCUT2D eigenvalue weighted by Gasteiger charge is -2.08. The van der Waals surface area contributed by atoms with E-state index in [9.17, 15) is 10.1 Å². The summed E-state index contributed by atoms with van der Waals surface area (Å²) in [6.07, 6.45) is 1.22. The molecule has 0 bridgehead atoms. The molecule has 0 atom stereocenters. The van der Waals surface area contributed by atoms with Crippen molar-refractivity contribution in [1.29, 1.82) is 0 Å². The zero-order chi connectivity index (χ0) is 14.5. The number of benzene rings is 1. The normalized spacial score (nSPS) is 10.1. The van der Waals surface area contributed by atoms with Crippen molar-refractivity contribution in [2.24, 2.45) is 0 Å². The van der Waals surface area contributed by atoms with Gasteiger partial charge in [0.1, 0.15) is 6.33 Å². The summed E-state index contributed by atoms with van der Waals surface area (Å²) < 4.78 is 5.79. The monoisotopic (exact) mass is 338 g/mol. The number of hydrogen-bond acceptors (Lipinski definition) is 6. The molecule has 0 aliphatic rings. The Labute approximate surface area is 123 Å². The molecule has 0 unspecified atom stereocenters. The largest absolute Gasteiger partial charge is 0.476 e. The van der Waals surface area contributed by atoms with Crippen molar-refractivity contribution < 1.29 is 9.66 Å². The molecule has 0 fully saturated rings. The van der Waals surface area contributed by atoms with E-state index in [2.05, 4.69) is 31.2 Å². The number of rotatable bonds is 5. The van der Waals surface area contributed by atoms with Gasteiger partial charge in [0.15, 0.2) is 0 Å². The average Bonchev–Trinajstić information content (AvgIpc) is 2.45. The molecule has 0 saturated carbocycles. The van der Waals surface area contributed by atoms with E-state index in [0.29, 0.717) is 6.54 Å². The van der Waals surface area contributed by atoms with Gasteiger partial charge in [0.05, 0.1) is 12.0 Å². The summed E-state index contributed by atoms with van der Waals surface area (Å²) in [7, 11) is 1.33. The van der Waals surface area contributed by atoms with E-state index in [0.717, 1.165) is 10.0 Å². The van der Waals surface area contributed by atoms with Crippen LogP contribution in [-0.4, -0.2) is 22.0 Å². The van der Waals surface area contributed by atoms with Gasteiger partial charge >= 0.3 is 5.69 Å². The lowest BCUT2D eigenvalue weighted by Crippen LogP contribution is -2.07. The van der Waals surface area contributed by atoms with Gasteiger partial charge in [-0.05, 0) is 11.6 Å². The number of nitrogens with zero attached hydrogens (tertiary/aromatic N) is 3. The Morgan fingerprint density at radius 1 is 1.40 bits per heavy atom. The predicted molar refractivity (Wildman–Crippen MR) is 76.7 cm³/mol. The maximum atomic E-state index is 11.1. The molecule has 0 aliphatic heterocycles. The SMILES string of the molecule is COc1ncnc(NCc2ccccc2Br)c1[N+](=O)[O-]. The first-order valence-corrected chi connectivity index (χ1v) is 6.43. The molecule has 1 aromatic heterocycles. The highest BCUT2D eigenvalue weighted by atomic mass is 79.9. The van der Waals surface area contributed by atoms with Gasteiger partial charge in [-0.3, -0.25) is 10.1 Å². The van der Waals surface area contributed by atoms with Crippen molar-refractivity contribution in [2.45, 2.75) is 6.54 Å². The fourth-order valence-electron chi connectivity index (χ4n) is 1.63. The molecule has 2 aromatic rings. The first-order valence-electron chi connectivity index (χ1n) is 5.64. The standard InChI is InChI=1S/C12H11BrN4O3/c1-20-12-10(17(18)19)11(15-7-16-12)14-6-8-4-2-3-5-9(8)13/h2-5,7H,6H2,1H3,(H,14,15,16). The summed E-state index contributed by atoms with van der Waals surface area (Å²) in [6, 6.07) is 7.58. The Balaban J connectivity index is 2.26. The van der Waals surface area contributed by atoms with Gasteiger partial charge in [0.2, 0.25) is 5.82 Å². The first kappa shape index (κ1) is 14.2. The number of methoxy groups -OCH3 is 1. The van der Waals surface area contributed by atoms with Crippen molar-refractivity contribution in [3.63, 3.8) is 0 Å². The van der Waals surface area contributed by atoms with Crippen molar-refractivity contribution in [2.75, 3.05) is 12.4 Å². The van der Waals surface area contributed by atoms with E-state index in [1.807, 2.05) is 24.3 Å². The van der Waals surface area contributed by atoms with Crippen molar-refractivity contribution in [3.05, 3.63) is 50.7 Å². The predicted octanol–water partition coefficient (Wildman–Crippen LogP) is 2.77. The fraction of sp³-hybridized carbons (Fsp3) is 0.167. The van der Waals surface area contributed by atoms with E-state index in [-0.39, 0.29) is 17.4 Å². The van der Waals surface area contributed by atoms with Gasteiger partial charge in [0.25, 0.3) is 5.88 Å². The minimum atomic E-state index is -0.568. The van der Waals surface area contributed by atoms with Crippen LogP contribution in [-0.2, 0) is 6.54 Å². The Kier molecular flexibility index (Phi) is 4.46. The molecule has 2 rings (SSSR count). The first-order chi connectivity index (χ1) is 9.63. The lowest BCUT2D eigenvalue weighted by atomic mass is 10.2. The van der Waals surface area contributed by atoms with Crippen LogP contribution < -0.4 is 10.1 Å². The minimum absolute atomic E-state index is 0.0698. The molecular weight excluding hydrogens is 328 g/mol. The third-order valence-electron chi connectivity index (χ3n) is 2.57. The van der Waals surface area contributed by atoms with Crippen LogP contribution in [0.15, 0.2) is 35.1 Å². The van der Waals surface area contributed by atoms with Crippen LogP contribution in [0.25, 0.3) is 0 Å². The zero-order valence-electron chi connectivity index (χ0n) is 10.5. The van der Waals surface area contributed by atoms with Gasteiger partial charge < -0.3 is 10.1 Å². The molecule has 1 N–H and O–H groups in total. The number of hydrogen-bond donors (Lipinski definition) is 1. The number of nitro groups is 1. The van der Waals surface area contributed by atoms with Crippen LogP contribution in [0.3, 0.4) is 0 Å². The van der Waals surface area contributed by atoms with E-state index >= 15 is 0 Å². The lowest BCUT2D eigenvalue weighted by molar-refractivity contribution is -0.385. The summed E-state index contributed by atoms with van der Waals surface area (Å²) >= 11 is 3.41. The molecule has 7 nitrogen and oxygen atoms in total. The highest BCUT2D eigenvalue weighted by molar-refractivity contribution is 9.10. The van der Waals surface area contributed by atoms with E-state index < -0.39 is 4.92 Å². The summed E-state index contributed by atoms with van der Waals surface area (Å²) in [5.41, 5.74) is 0.682. The smallest absolute Gasteiger partial charge is 0.372 e. The van der Waals surface area contributed by atoms with Crippen LogP contribution in [0, 0.1) is 10.1 Å². The molecule has 0 spiro atoms. The van der Waals surface area contributed by atoms with Crippen LogP contribution >= 0.6 is 15.9 Å². The Morgan fingerprint density at radius 2 is 2.15 bits per heavy atom. The third-order valence-corrected chi connectivity index (χ3v) is 3.34. The average molecular weight is 339 g/mol. The summed E-state index contributed by atoms with van der Waals surface area (Å²) in [5, 5.41) is 14.0. The van der Waals surface area contributed by atoms with Crippen molar-refractivity contribution in [3.8, 4) is 5.88 Å². The van der Waals surface area contributed by atoms with E-state index in [1.54, 1.807) is 0 Å². The van der Waals surface area contributed by atoms with Crippen molar-refractivity contribution >= 4 is 27.4 Å². The molecule has 1 aromatic carbocycles. The number of halogens is 1. The number of ether oxygens (including phenoxy) is 1. The zero-order valence-corrected chi connectivity index (χ0v) is 12.1. The summed E-state index contributed by atoms with van der Waals surface area (Å²) in [5.74, 6) is 0.0530. The number of nitrogens with one attached hydrogen (secondary N) is 1. The molecule has 0 radical (unpaired) electrons. The summed E-state index contributed by atoms with van der Waals surface area (Å²) in [4.78, 5) is 18.1. The summed E-state index contributed by atoms with van der Waals surface area (Å²) in [6.45, 7) is 0.391. The highest BCUT2D eigenvalue weighted by Crippen LogP contribution is 2.30. The van der Waals surface area contributed by atoms with Gasteiger partial charge in [-0.2, -0.15) is 4.98 Å². The van der Waals surface area contributed by atoms with E-state index in [1.165, 1.54) is 13.4 Å². The van der Waals surface area contributed by atoms with Crippen molar-refractivity contribution in [1.82, 2.24) is 9.97 Å². The van der Waals surface area contributed by atoms with Gasteiger partial charge in [-0.1, -0.05) is 34.1 Å². The number of anilines is 1. The topological polar surface area (TPSA) is 90.2 Å². The molecule has 0 saturated heterocycles. The van der Waals surface area contributed by atoms with Crippen LogP contribution in [0.2, 0.25) is 0 Å². The van der Waals surface area contributed by atoms with Crippen LogP contribution in [0.5, 0.6) is 5.88 Å². The maximum absolute atomic E-state index is 11.1. The molecule has 104 valence electrons. The highest BCUT2D eigenvalue weighted by Gasteiger charge is 2.23. The van der Waals surface area contributed by atoms with Crippen LogP contribution in [0.1, 0.15) is 5.56 Å². The van der Waals surface area contributed by atoms with Gasteiger partial charge in [-0.25, -0.2) is 4.98 Å². The Hall–Kier alpha value is -2.22. The molecule has 20 heavy (non-hydrogen) atoms. The quantitative estimate of drug-likeness (QED) is 0.665. The molecule has 8 heteroatoms. The second-order valence-electron chi connectivity index (χ2n) is 3.78. The third kappa shape index (κ3) is 3.02. The number of aromatic nitrogens is 2. The van der Waals surface area contributed by atoms with Gasteiger partial charge in [0, 0.05) is 11.0 Å². The van der Waals surface area contributed by atoms with E-state index in [4.69, 9.17) is 4.74 Å².